The molecule has 0 aliphatic rings. The van der Waals surface area contributed by atoms with Gasteiger partial charge in [0.05, 0.1) is 0 Å². The van der Waals surface area contributed by atoms with Gasteiger partial charge in [0.25, 0.3) is 0 Å². The Balaban J connectivity index is 2.46. The monoisotopic (exact) mass is 324 g/mol. The van der Waals surface area contributed by atoms with E-state index in [0.29, 0.717) is 27.5 Å². The number of anilines is 3. The summed E-state index contributed by atoms with van der Waals surface area (Å²) in [6.45, 7) is 7.99. The first-order valence-electron chi connectivity index (χ1n) is 6.54. The van der Waals surface area contributed by atoms with Gasteiger partial charge in [-0.3, -0.25) is 0 Å². The van der Waals surface area contributed by atoms with Crippen molar-refractivity contribution in [2.24, 2.45) is 0 Å². The van der Waals surface area contributed by atoms with Crippen molar-refractivity contribution in [3.8, 4) is 0 Å². The summed E-state index contributed by atoms with van der Waals surface area (Å²) in [7, 11) is 0. The highest BCUT2D eigenvalue weighted by Gasteiger charge is 2.20. The molecule has 0 spiro atoms. The largest absolute Gasteiger partial charge is 0.383 e. The van der Waals surface area contributed by atoms with Crippen LogP contribution in [-0.4, -0.2) is 9.97 Å². The molecule has 0 atom stereocenters. The van der Waals surface area contributed by atoms with Crippen LogP contribution in [-0.2, 0) is 5.41 Å². The predicted molar refractivity (Wildman–Crippen MR) is 89.6 cm³/mol. The number of nitrogens with zero attached hydrogens (tertiary/aromatic N) is 2. The molecule has 3 N–H and O–H groups in total. The van der Waals surface area contributed by atoms with Gasteiger partial charge in [-0.2, -0.15) is 0 Å². The average Bonchev–Trinajstić information content (AvgIpc) is 2.32. The third kappa shape index (κ3) is 3.77. The lowest BCUT2D eigenvalue weighted by Gasteiger charge is -2.20. The van der Waals surface area contributed by atoms with E-state index in [4.69, 9.17) is 28.9 Å². The molecule has 6 heteroatoms. The molecule has 0 amide bonds. The van der Waals surface area contributed by atoms with E-state index in [1.165, 1.54) is 0 Å². The van der Waals surface area contributed by atoms with Crippen molar-refractivity contribution in [1.29, 1.82) is 0 Å². The summed E-state index contributed by atoms with van der Waals surface area (Å²) in [6.07, 6.45) is 0. The standard InChI is InChI=1S/C15H18Cl2N4/c1-8-12(18)20-14(15(2,3)4)21-13(8)19-11-6-9(16)5-10(17)7-11/h5-7H,1-4H3,(H3,18,19,20,21). The highest BCUT2D eigenvalue weighted by atomic mass is 35.5. The Morgan fingerprint density at radius 2 is 1.62 bits per heavy atom. The quantitative estimate of drug-likeness (QED) is 0.839. The normalized spacial score (nSPS) is 11.5. The number of nitrogen functional groups attached to an aromatic ring is 1. The first-order chi connectivity index (χ1) is 9.66. The van der Waals surface area contributed by atoms with Gasteiger partial charge in [-0.25, -0.2) is 9.97 Å². The fraction of sp³-hybridized carbons (Fsp3) is 0.333. The minimum Gasteiger partial charge on any atom is -0.383 e. The van der Waals surface area contributed by atoms with Crippen LogP contribution in [0.15, 0.2) is 18.2 Å². The maximum absolute atomic E-state index is 6.01. The Hall–Kier alpha value is -1.52. The van der Waals surface area contributed by atoms with Gasteiger partial charge < -0.3 is 11.1 Å². The third-order valence-corrected chi connectivity index (χ3v) is 3.42. The Kier molecular flexibility index (Phi) is 4.30. The van der Waals surface area contributed by atoms with Crippen LogP contribution in [0.25, 0.3) is 0 Å². The molecule has 0 aliphatic heterocycles. The molecule has 2 aromatic rings. The second-order valence-corrected chi connectivity index (χ2v) is 6.81. The molecule has 2 rings (SSSR count). The van der Waals surface area contributed by atoms with Crippen LogP contribution in [0.3, 0.4) is 0 Å². The molecule has 4 nitrogen and oxygen atoms in total. The highest BCUT2D eigenvalue weighted by Crippen LogP contribution is 2.29. The van der Waals surface area contributed by atoms with E-state index in [9.17, 15) is 0 Å². The summed E-state index contributed by atoms with van der Waals surface area (Å²) < 4.78 is 0. The lowest BCUT2D eigenvalue weighted by Crippen LogP contribution is -2.18. The van der Waals surface area contributed by atoms with Crippen molar-refractivity contribution in [2.45, 2.75) is 33.1 Å². The summed E-state index contributed by atoms with van der Waals surface area (Å²) >= 11 is 12.0. The zero-order valence-electron chi connectivity index (χ0n) is 12.5. The first-order valence-corrected chi connectivity index (χ1v) is 7.30. The molecule has 1 aromatic heterocycles. The Labute approximate surface area is 134 Å². The lowest BCUT2D eigenvalue weighted by atomic mass is 9.95. The van der Waals surface area contributed by atoms with Gasteiger partial charge in [-0.15, -0.1) is 0 Å². The van der Waals surface area contributed by atoms with Gasteiger partial charge in [0, 0.05) is 26.7 Å². The summed E-state index contributed by atoms with van der Waals surface area (Å²) in [5.74, 6) is 1.80. The van der Waals surface area contributed by atoms with Crippen molar-refractivity contribution < 1.29 is 0 Å². The smallest absolute Gasteiger partial charge is 0.139 e. The van der Waals surface area contributed by atoms with Crippen molar-refractivity contribution in [3.05, 3.63) is 39.6 Å². The minimum absolute atomic E-state index is 0.190. The molecule has 21 heavy (non-hydrogen) atoms. The third-order valence-electron chi connectivity index (χ3n) is 2.98. The van der Waals surface area contributed by atoms with Gasteiger partial charge in [0.1, 0.15) is 17.5 Å². The number of aromatic nitrogens is 2. The molecular weight excluding hydrogens is 307 g/mol. The molecule has 112 valence electrons. The van der Waals surface area contributed by atoms with Crippen LogP contribution in [0.1, 0.15) is 32.2 Å². The van der Waals surface area contributed by atoms with E-state index in [2.05, 4.69) is 15.3 Å². The van der Waals surface area contributed by atoms with E-state index in [1.807, 2.05) is 27.7 Å². The van der Waals surface area contributed by atoms with Crippen LogP contribution in [0.5, 0.6) is 0 Å². The Bertz CT molecular complexity index is 658. The summed E-state index contributed by atoms with van der Waals surface area (Å²) in [4.78, 5) is 8.93. The summed E-state index contributed by atoms with van der Waals surface area (Å²) in [5.41, 5.74) is 7.35. The minimum atomic E-state index is -0.190. The van der Waals surface area contributed by atoms with Crippen LogP contribution in [0.2, 0.25) is 10.0 Å². The topological polar surface area (TPSA) is 63.8 Å². The zero-order chi connectivity index (χ0) is 15.8. The number of hydrogen-bond donors (Lipinski definition) is 2. The van der Waals surface area contributed by atoms with E-state index in [1.54, 1.807) is 18.2 Å². The predicted octanol–water partition coefficient (Wildman–Crippen LogP) is 4.72. The van der Waals surface area contributed by atoms with Gasteiger partial charge in [-0.05, 0) is 25.1 Å². The molecule has 1 aromatic carbocycles. The average molecular weight is 325 g/mol. The number of nitrogens with one attached hydrogen (secondary N) is 1. The molecule has 0 radical (unpaired) electrons. The SMILES string of the molecule is Cc1c(N)nc(C(C)(C)C)nc1Nc1cc(Cl)cc(Cl)c1. The Morgan fingerprint density at radius 1 is 1.05 bits per heavy atom. The van der Waals surface area contributed by atoms with Crippen LogP contribution in [0.4, 0.5) is 17.3 Å². The molecular formula is C15H18Cl2N4. The van der Waals surface area contributed by atoms with E-state index in [0.717, 1.165) is 11.3 Å². The fourth-order valence-electron chi connectivity index (χ4n) is 1.75. The molecule has 0 saturated heterocycles. The van der Waals surface area contributed by atoms with Crippen molar-refractivity contribution in [2.75, 3.05) is 11.1 Å². The van der Waals surface area contributed by atoms with Crippen LogP contribution in [0, 0.1) is 6.92 Å². The van der Waals surface area contributed by atoms with Crippen LogP contribution < -0.4 is 11.1 Å². The van der Waals surface area contributed by atoms with Crippen molar-refractivity contribution in [1.82, 2.24) is 9.97 Å². The molecule has 0 saturated carbocycles. The van der Waals surface area contributed by atoms with Gasteiger partial charge in [-0.1, -0.05) is 44.0 Å². The maximum Gasteiger partial charge on any atom is 0.139 e. The van der Waals surface area contributed by atoms with Crippen molar-refractivity contribution >= 4 is 40.5 Å². The molecule has 0 fully saturated rings. The Morgan fingerprint density at radius 3 is 2.14 bits per heavy atom. The number of hydrogen-bond acceptors (Lipinski definition) is 4. The zero-order valence-corrected chi connectivity index (χ0v) is 14.0. The molecule has 0 bridgehead atoms. The summed E-state index contributed by atoms with van der Waals surface area (Å²) in [5, 5.41) is 4.32. The number of halogens is 2. The van der Waals surface area contributed by atoms with E-state index < -0.39 is 0 Å². The van der Waals surface area contributed by atoms with Gasteiger partial charge in [0.2, 0.25) is 0 Å². The van der Waals surface area contributed by atoms with Gasteiger partial charge in [0.15, 0.2) is 0 Å². The van der Waals surface area contributed by atoms with E-state index in [-0.39, 0.29) is 5.41 Å². The second kappa shape index (κ2) is 5.70. The number of nitrogens with two attached hydrogens (primary N) is 1. The summed E-state index contributed by atoms with van der Waals surface area (Å²) in [6, 6.07) is 5.24. The number of rotatable bonds is 2. The maximum atomic E-state index is 6.01. The number of benzene rings is 1. The molecule has 0 aliphatic carbocycles. The second-order valence-electron chi connectivity index (χ2n) is 5.94. The lowest BCUT2D eigenvalue weighted by molar-refractivity contribution is 0.546. The molecule has 0 unspecified atom stereocenters. The van der Waals surface area contributed by atoms with Crippen molar-refractivity contribution in [3.63, 3.8) is 0 Å². The fourth-order valence-corrected chi connectivity index (χ4v) is 2.28. The highest BCUT2D eigenvalue weighted by molar-refractivity contribution is 6.35. The van der Waals surface area contributed by atoms with Crippen LogP contribution >= 0.6 is 23.2 Å². The van der Waals surface area contributed by atoms with E-state index >= 15 is 0 Å². The van der Waals surface area contributed by atoms with Gasteiger partial charge >= 0.3 is 0 Å². The first kappa shape index (κ1) is 15.9. The molecule has 1 heterocycles.